The van der Waals surface area contributed by atoms with Crippen molar-refractivity contribution in [2.24, 2.45) is 0 Å². The number of H-pyrrole nitrogens is 1. The monoisotopic (exact) mass is 258 g/mol. The molecule has 1 unspecified atom stereocenters. The van der Waals surface area contributed by atoms with Crippen molar-refractivity contribution in [2.45, 2.75) is 25.2 Å². The first-order valence-corrected chi connectivity index (χ1v) is 6.57. The Balaban J connectivity index is 2.08. The summed E-state index contributed by atoms with van der Waals surface area (Å²) in [5.74, 6) is 1.96. The van der Waals surface area contributed by atoms with Crippen molar-refractivity contribution >= 4 is 0 Å². The van der Waals surface area contributed by atoms with E-state index < -0.39 is 0 Å². The van der Waals surface area contributed by atoms with Crippen LogP contribution in [0, 0.1) is 0 Å². The second kappa shape index (κ2) is 4.96. The van der Waals surface area contributed by atoms with Crippen LogP contribution in [0.2, 0.25) is 0 Å². The van der Waals surface area contributed by atoms with E-state index in [0.717, 1.165) is 30.0 Å². The number of benzene rings is 1. The van der Waals surface area contributed by atoms with Crippen molar-refractivity contribution in [1.82, 2.24) is 9.97 Å². The highest BCUT2D eigenvalue weighted by Gasteiger charge is 2.25. The minimum atomic E-state index is 0.356. The molecule has 0 spiro atoms. The smallest absolute Gasteiger partial charge is 0.161 e. The van der Waals surface area contributed by atoms with Gasteiger partial charge in [-0.05, 0) is 42.5 Å². The zero-order valence-corrected chi connectivity index (χ0v) is 11.3. The van der Waals surface area contributed by atoms with E-state index in [9.17, 15) is 0 Å². The zero-order chi connectivity index (χ0) is 13.2. The average molecular weight is 258 g/mol. The fraction of sp³-hybridized carbons (Fsp3) is 0.400. The number of methoxy groups -OCH3 is 2. The van der Waals surface area contributed by atoms with Gasteiger partial charge in [-0.3, -0.25) is 0 Å². The van der Waals surface area contributed by atoms with Gasteiger partial charge in [0.15, 0.2) is 11.5 Å². The van der Waals surface area contributed by atoms with Gasteiger partial charge < -0.3 is 14.5 Å². The molecule has 0 amide bonds. The molecule has 100 valence electrons. The number of rotatable bonds is 3. The van der Waals surface area contributed by atoms with Crippen LogP contribution in [0.3, 0.4) is 0 Å². The molecular formula is C15H18N2O2. The largest absolute Gasteiger partial charge is 0.493 e. The third-order valence-corrected chi connectivity index (χ3v) is 3.84. The predicted molar refractivity (Wildman–Crippen MR) is 72.9 cm³/mol. The van der Waals surface area contributed by atoms with Gasteiger partial charge in [-0.1, -0.05) is 0 Å². The molecule has 19 heavy (non-hydrogen) atoms. The zero-order valence-electron chi connectivity index (χ0n) is 11.3. The molecule has 0 saturated carbocycles. The van der Waals surface area contributed by atoms with Crippen LogP contribution in [0.4, 0.5) is 0 Å². The lowest BCUT2D eigenvalue weighted by atomic mass is 9.81. The van der Waals surface area contributed by atoms with Gasteiger partial charge in [-0.2, -0.15) is 0 Å². The molecule has 2 aromatic rings. The molecule has 0 bridgehead atoms. The number of nitrogens with zero attached hydrogens (tertiary/aromatic N) is 1. The van der Waals surface area contributed by atoms with E-state index >= 15 is 0 Å². The number of hydrogen-bond acceptors (Lipinski definition) is 3. The first-order chi connectivity index (χ1) is 9.33. The van der Waals surface area contributed by atoms with E-state index in [1.54, 1.807) is 20.5 Å². The maximum absolute atomic E-state index is 5.41. The fourth-order valence-corrected chi connectivity index (χ4v) is 2.90. The molecule has 1 heterocycles. The predicted octanol–water partition coefficient (Wildman–Crippen LogP) is 2.90. The second-order valence-corrected chi connectivity index (χ2v) is 4.84. The molecule has 0 aliphatic heterocycles. The molecule has 3 rings (SSSR count). The Morgan fingerprint density at radius 2 is 2.00 bits per heavy atom. The van der Waals surface area contributed by atoms with E-state index in [1.807, 2.05) is 6.20 Å². The van der Waals surface area contributed by atoms with Crippen molar-refractivity contribution < 1.29 is 9.47 Å². The molecule has 0 saturated heterocycles. The van der Waals surface area contributed by atoms with Crippen molar-refractivity contribution in [3.63, 3.8) is 0 Å². The number of imidazole rings is 1. The van der Waals surface area contributed by atoms with Crippen LogP contribution < -0.4 is 9.47 Å². The van der Waals surface area contributed by atoms with Crippen molar-refractivity contribution in [1.29, 1.82) is 0 Å². The molecule has 1 N–H and O–H groups in total. The standard InChI is InChI=1S/C15H18N2O2/c1-18-14-6-10-4-3-5-11(13-8-16-9-17-13)12(10)7-15(14)19-2/h6-9,11H,3-5H2,1-2H3,(H,16,17). The highest BCUT2D eigenvalue weighted by molar-refractivity contribution is 5.51. The van der Waals surface area contributed by atoms with Gasteiger partial charge in [0.1, 0.15) is 0 Å². The summed E-state index contributed by atoms with van der Waals surface area (Å²) in [6.07, 6.45) is 7.13. The summed E-state index contributed by atoms with van der Waals surface area (Å²) in [6, 6.07) is 4.21. The Kier molecular flexibility index (Phi) is 3.15. The Bertz CT molecular complexity index is 564. The lowest BCUT2D eigenvalue weighted by Crippen LogP contribution is -2.12. The van der Waals surface area contributed by atoms with Crippen LogP contribution in [0.15, 0.2) is 24.7 Å². The summed E-state index contributed by atoms with van der Waals surface area (Å²) in [7, 11) is 3.36. The minimum absolute atomic E-state index is 0.356. The van der Waals surface area contributed by atoms with Crippen LogP contribution in [0.1, 0.15) is 35.6 Å². The quantitative estimate of drug-likeness (QED) is 0.920. The highest BCUT2D eigenvalue weighted by Crippen LogP contribution is 2.41. The van der Waals surface area contributed by atoms with E-state index in [0.29, 0.717) is 5.92 Å². The molecule has 4 nitrogen and oxygen atoms in total. The molecule has 1 aliphatic carbocycles. The molecule has 1 atom stereocenters. The Hall–Kier alpha value is -1.97. The third kappa shape index (κ3) is 2.07. The van der Waals surface area contributed by atoms with Gasteiger partial charge in [0.2, 0.25) is 0 Å². The Morgan fingerprint density at radius 1 is 1.21 bits per heavy atom. The summed E-state index contributed by atoms with van der Waals surface area (Å²) in [5, 5.41) is 0. The van der Waals surface area contributed by atoms with Gasteiger partial charge in [0.25, 0.3) is 0 Å². The number of nitrogens with one attached hydrogen (secondary N) is 1. The Labute approximate surface area is 112 Å². The van der Waals surface area contributed by atoms with Crippen LogP contribution in [0.25, 0.3) is 0 Å². The van der Waals surface area contributed by atoms with Gasteiger partial charge in [-0.25, -0.2) is 4.98 Å². The van der Waals surface area contributed by atoms with Crippen LogP contribution in [-0.2, 0) is 6.42 Å². The summed E-state index contributed by atoms with van der Waals surface area (Å²) in [5.41, 5.74) is 3.76. The molecule has 0 radical (unpaired) electrons. The van der Waals surface area contributed by atoms with Crippen molar-refractivity contribution in [3.05, 3.63) is 41.5 Å². The average Bonchev–Trinajstić information content (AvgIpc) is 2.99. The third-order valence-electron chi connectivity index (χ3n) is 3.84. The van der Waals surface area contributed by atoms with E-state index in [1.165, 1.54) is 17.5 Å². The molecule has 0 fully saturated rings. The van der Waals surface area contributed by atoms with Gasteiger partial charge in [0, 0.05) is 12.1 Å². The fourth-order valence-electron chi connectivity index (χ4n) is 2.90. The minimum Gasteiger partial charge on any atom is -0.493 e. The van der Waals surface area contributed by atoms with Gasteiger partial charge >= 0.3 is 0 Å². The maximum atomic E-state index is 5.41. The normalized spacial score (nSPS) is 17.9. The first-order valence-electron chi connectivity index (χ1n) is 6.57. The second-order valence-electron chi connectivity index (χ2n) is 4.84. The van der Waals surface area contributed by atoms with Crippen LogP contribution in [0.5, 0.6) is 11.5 Å². The number of fused-ring (bicyclic) bond motifs is 1. The number of aromatic amines is 1. The van der Waals surface area contributed by atoms with Crippen molar-refractivity contribution in [3.8, 4) is 11.5 Å². The van der Waals surface area contributed by atoms with E-state index in [4.69, 9.17) is 9.47 Å². The van der Waals surface area contributed by atoms with Crippen LogP contribution >= 0.6 is 0 Å². The molecular weight excluding hydrogens is 240 g/mol. The van der Waals surface area contributed by atoms with Crippen LogP contribution in [-0.4, -0.2) is 24.2 Å². The van der Waals surface area contributed by atoms with Crippen molar-refractivity contribution in [2.75, 3.05) is 14.2 Å². The SMILES string of the molecule is COc1cc2c(cc1OC)C(c1c[nH]cn1)CCC2. The number of hydrogen-bond donors (Lipinski definition) is 1. The Morgan fingerprint density at radius 3 is 2.68 bits per heavy atom. The summed E-state index contributed by atoms with van der Waals surface area (Å²) in [6.45, 7) is 0. The number of aryl methyl sites for hydroxylation is 1. The topological polar surface area (TPSA) is 47.1 Å². The molecule has 4 heteroatoms. The van der Waals surface area contributed by atoms with E-state index in [2.05, 4.69) is 22.1 Å². The molecule has 1 aromatic heterocycles. The lowest BCUT2D eigenvalue weighted by molar-refractivity contribution is 0.353. The first kappa shape index (κ1) is 12.1. The lowest BCUT2D eigenvalue weighted by Gasteiger charge is -2.25. The van der Waals surface area contributed by atoms with Gasteiger partial charge in [-0.15, -0.1) is 0 Å². The van der Waals surface area contributed by atoms with E-state index in [-0.39, 0.29) is 0 Å². The summed E-state index contributed by atoms with van der Waals surface area (Å²) >= 11 is 0. The van der Waals surface area contributed by atoms with Gasteiger partial charge in [0.05, 0.1) is 26.2 Å². The maximum Gasteiger partial charge on any atom is 0.161 e. The number of aromatic nitrogens is 2. The molecule has 1 aliphatic rings. The molecule has 1 aromatic carbocycles. The highest BCUT2D eigenvalue weighted by atomic mass is 16.5. The summed E-state index contributed by atoms with van der Waals surface area (Å²) in [4.78, 5) is 7.45. The number of ether oxygens (including phenoxy) is 2. The summed E-state index contributed by atoms with van der Waals surface area (Å²) < 4.78 is 10.8.